The van der Waals surface area contributed by atoms with E-state index in [1.165, 1.54) is 24.3 Å². The van der Waals surface area contributed by atoms with E-state index in [0.29, 0.717) is 11.6 Å². The van der Waals surface area contributed by atoms with E-state index in [4.69, 9.17) is 45.1 Å². The number of aromatic hydroxyl groups is 1. The van der Waals surface area contributed by atoms with Gasteiger partial charge in [0.1, 0.15) is 10.6 Å². The van der Waals surface area contributed by atoms with Crippen molar-refractivity contribution >= 4 is 103 Å². The molecule has 0 saturated carbocycles. The van der Waals surface area contributed by atoms with Crippen LogP contribution < -0.4 is 11.1 Å². The highest BCUT2D eigenvalue weighted by molar-refractivity contribution is 7.90. The molecule has 15 nitrogen and oxygen atoms in total. The monoisotopic (exact) mass is 804 g/mol. The Hall–Kier alpha value is -3.24. The average molecular weight is 806 g/mol. The number of phenolic OH excluding ortho intramolecular Hbond substituents is 1. The number of rotatable bonds is 9. The van der Waals surface area contributed by atoms with Crippen LogP contribution in [0.4, 0.5) is 11.4 Å². The van der Waals surface area contributed by atoms with Crippen LogP contribution in [0.25, 0.3) is 10.8 Å². The number of nitrogens with one attached hydrogen (secondary N) is 1. The van der Waals surface area contributed by atoms with E-state index in [2.05, 4.69) is 5.32 Å². The normalized spacial score (nSPS) is 12.3. The number of sulfone groups is 1. The number of anilines is 2. The molecule has 0 aliphatic rings. The highest BCUT2D eigenvalue weighted by atomic mass is 35.5. The summed E-state index contributed by atoms with van der Waals surface area (Å²) in [5, 5.41) is 12.2. The van der Waals surface area contributed by atoms with Crippen LogP contribution in [0, 0.1) is 0 Å². The van der Waals surface area contributed by atoms with Crippen molar-refractivity contribution < 1.29 is 57.2 Å². The van der Waals surface area contributed by atoms with Crippen molar-refractivity contribution in [3.05, 3.63) is 81.8 Å². The van der Waals surface area contributed by atoms with Gasteiger partial charge in [-0.2, -0.15) is 25.3 Å². The smallest absolute Gasteiger partial charge is 0.296 e. The van der Waals surface area contributed by atoms with Gasteiger partial charge >= 0.3 is 0 Å². The van der Waals surface area contributed by atoms with Crippen LogP contribution in [0.2, 0.25) is 10.0 Å². The summed E-state index contributed by atoms with van der Waals surface area (Å²) in [6, 6.07) is 10.9. The summed E-state index contributed by atoms with van der Waals surface area (Å²) in [5.41, 5.74) is 5.66. The van der Waals surface area contributed by atoms with E-state index >= 15 is 0 Å². The van der Waals surface area contributed by atoms with Crippen LogP contribution in [0.3, 0.4) is 0 Å². The Morgan fingerprint density at radius 1 is 0.750 bits per heavy atom. The summed E-state index contributed by atoms with van der Waals surface area (Å²) in [4.78, 5) is 10.9. The third-order valence-corrected chi connectivity index (χ3v) is 11.5. The molecule has 4 rings (SSSR count). The number of carbonyl (C=O) groups is 1. The Morgan fingerprint density at radius 2 is 1.29 bits per heavy atom. The van der Waals surface area contributed by atoms with Crippen LogP contribution in [0.5, 0.6) is 5.75 Å². The van der Waals surface area contributed by atoms with Crippen molar-refractivity contribution in [2.24, 2.45) is 0 Å². The van der Waals surface area contributed by atoms with Crippen molar-refractivity contribution in [3.8, 4) is 5.75 Å². The van der Waals surface area contributed by atoms with Gasteiger partial charge in [-0.15, -0.1) is 11.6 Å². The maximum atomic E-state index is 12.8. The molecule has 0 spiro atoms. The van der Waals surface area contributed by atoms with E-state index in [1.807, 2.05) is 0 Å². The molecule has 0 radical (unpaired) electrons. The number of alkyl halides is 1. The maximum absolute atomic E-state index is 12.8. The first-order chi connectivity index (χ1) is 21.9. The Labute approximate surface area is 289 Å². The molecule has 0 fully saturated rings. The van der Waals surface area contributed by atoms with E-state index in [-0.39, 0.29) is 55.1 Å². The summed E-state index contributed by atoms with van der Waals surface area (Å²) >= 11 is 16.5. The lowest BCUT2D eigenvalue weighted by Gasteiger charge is -2.13. The van der Waals surface area contributed by atoms with Crippen molar-refractivity contribution in [3.63, 3.8) is 0 Å². The molecule has 0 heterocycles. The quantitative estimate of drug-likeness (QED) is 0.0784. The molecule has 0 unspecified atom stereocenters. The molecule has 7 N–H and O–H groups in total. The number of carbonyl (C=O) groups excluding carboxylic acids is 1. The number of hydrogen-bond acceptors (Lipinski definition) is 11. The summed E-state index contributed by atoms with van der Waals surface area (Å²) in [6.45, 7) is 0. The van der Waals surface area contributed by atoms with E-state index < -0.39 is 66.5 Å². The Bertz CT molecular complexity index is 2350. The topological polar surface area (TPSA) is 273 Å². The zero-order valence-corrected chi connectivity index (χ0v) is 29.2. The van der Waals surface area contributed by atoms with Gasteiger partial charge in [0.25, 0.3) is 36.3 Å². The zero-order valence-electron chi connectivity index (χ0n) is 23.7. The molecule has 4 aromatic rings. The molecule has 0 aromatic heterocycles. The molecular weight excluding hydrogens is 783 g/mol. The lowest BCUT2D eigenvalue weighted by atomic mass is 10.1. The number of nitrogen functional groups attached to an aromatic ring is 1. The summed E-state index contributed by atoms with van der Waals surface area (Å²) < 4.78 is 119. The molecule has 48 heavy (non-hydrogen) atoms. The van der Waals surface area contributed by atoms with Gasteiger partial charge in [-0.05, 0) is 53.4 Å². The molecule has 260 valence electrons. The molecule has 4 aromatic carbocycles. The largest absolute Gasteiger partial charge is 0.507 e. The first kappa shape index (κ1) is 39.2. The van der Waals surface area contributed by atoms with E-state index in [9.17, 15) is 52.7 Å². The number of halogens is 3. The Balaban J connectivity index is 0.000000402. The lowest BCUT2D eigenvalue weighted by Crippen LogP contribution is -2.14. The van der Waals surface area contributed by atoms with Gasteiger partial charge < -0.3 is 16.2 Å². The van der Waals surface area contributed by atoms with Crippen molar-refractivity contribution in [2.45, 2.75) is 20.4 Å². The van der Waals surface area contributed by atoms with Crippen LogP contribution in [0.15, 0.2) is 75.4 Å². The lowest BCUT2D eigenvalue weighted by molar-refractivity contribution is 0.102. The predicted octanol–water partition coefficient (Wildman–Crippen LogP) is 4.27. The van der Waals surface area contributed by atoms with Gasteiger partial charge in [-0.3, -0.25) is 18.5 Å². The minimum Gasteiger partial charge on any atom is -0.507 e. The molecule has 22 heteroatoms. The SMILES string of the molecule is Nc1cc(Cl)c(S(=O)(=O)O)cc1Cl.O=C(Nc1cc(S(=O)(=O)O)cc2cc(S(=O)(=O)O)cc(O)c12)c1ccc(CS(=O)(=O)CCCl)cc1. The standard InChI is InChI=1S/C20H18ClNO10S3.C6H5Cl2NO3S/c21-5-6-33(25,26)11-12-1-3-13(4-2-12)20(24)22-17-9-15(34(27,28)29)7-14-8-16(35(30,31)32)10-18(23)19(14)17;7-3-2-6(13(10,11)12)4(8)1-5(3)9/h1-4,7-10,23H,5-6,11H2,(H,22,24)(H,27,28,29)(H,30,31,32);1-2H,9H2,(H,10,11,12). The summed E-state index contributed by atoms with van der Waals surface area (Å²) in [7, 11) is -17.4. The minimum atomic E-state index is -4.82. The highest BCUT2D eigenvalue weighted by Gasteiger charge is 2.21. The molecule has 0 bridgehead atoms. The summed E-state index contributed by atoms with van der Waals surface area (Å²) in [5.74, 6) is -2.04. The predicted molar refractivity (Wildman–Crippen MR) is 179 cm³/mol. The highest BCUT2D eigenvalue weighted by Crippen LogP contribution is 2.37. The second-order valence-electron chi connectivity index (χ2n) is 9.67. The number of hydrogen-bond donors (Lipinski definition) is 6. The van der Waals surface area contributed by atoms with Crippen molar-refractivity contribution in [2.75, 3.05) is 22.7 Å². The van der Waals surface area contributed by atoms with Crippen LogP contribution in [-0.2, 0) is 45.9 Å². The Morgan fingerprint density at radius 3 is 1.79 bits per heavy atom. The molecule has 0 atom stereocenters. The number of benzene rings is 4. The molecular formula is C26H23Cl3N2O13S4. The van der Waals surface area contributed by atoms with Gasteiger partial charge in [0.2, 0.25) is 0 Å². The zero-order chi connectivity index (χ0) is 36.4. The fourth-order valence-electron chi connectivity index (χ4n) is 3.97. The fraction of sp³-hybridized carbons (Fsp3) is 0.115. The molecule has 0 aliphatic heterocycles. The number of amides is 1. The van der Waals surface area contributed by atoms with Crippen molar-refractivity contribution in [1.29, 1.82) is 0 Å². The fourth-order valence-corrected chi connectivity index (χ4v) is 8.10. The number of phenols is 1. The first-order valence-corrected chi connectivity index (χ1v) is 20.0. The van der Waals surface area contributed by atoms with E-state index in [1.54, 1.807) is 0 Å². The van der Waals surface area contributed by atoms with Gasteiger partial charge in [0.05, 0.1) is 42.7 Å². The van der Waals surface area contributed by atoms with Crippen LogP contribution in [0.1, 0.15) is 15.9 Å². The second-order valence-corrected chi connectivity index (χ2v) is 17.3. The molecule has 1 amide bonds. The second kappa shape index (κ2) is 14.7. The average Bonchev–Trinajstić information content (AvgIpc) is 2.93. The van der Waals surface area contributed by atoms with Crippen LogP contribution >= 0.6 is 34.8 Å². The first-order valence-electron chi connectivity index (χ1n) is 12.6. The van der Waals surface area contributed by atoms with Gasteiger partial charge in [0.15, 0.2) is 9.84 Å². The summed E-state index contributed by atoms with van der Waals surface area (Å²) in [6.07, 6.45) is 0. The third-order valence-electron chi connectivity index (χ3n) is 6.14. The van der Waals surface area contributed by atoms with Crippen LogP contribution in [-0.4, -0.2) is 70.0 Å². The molecule has 0 saturated heterocycles. The number of fused-ring (bicyclic) bond motifs is 1. The van der Waals surface area contributed by atoms with E-state index in [0.717, 1.165) is 30.3 Å². The van der Waals surface area contributed by atoms with Gasteiger partial charge in [0, 0.05) is 22.9 Å². The maximum Gasteiger partial charge on any atom is 0.296 e. The number of nitrogens with two attached hydrogens (primary N) is 1. The Kier molecular flexibility index (Phi) is 12.0. The minimum absolute atomic E-state index is 0.0250. The van der Waals surface area contributed by atoms with Gasteiger partial charge in [-0.25, -0.2) is 8.42 Å². The molecule has 0 aliphatic carbocycles. The third kappa shape index (κ3) is 10.1. The van der Waals surface area contributed by atoms with Crippen molar-refractivity contribution in [1.82, 2.24) is 0 Å². The van der Waals surface area contributed by atoms with Gasteiger partial charge in [-0.1, -0.05) is 35.3 Å².